The van der Waals surface area contributed by atoms with Gasteiger partial charge in [-0.3, -0.25) is 14.5 Å². The van der Waals surface area contributed by atoms with E-state index in [9.17, 15) is 18.4 Å². The molecule has 0 spiro atoms. The van der Waals surface area contributed by atoms with Gasteiger partial charge in [-0.25, -0.2) is 8.78 Å². The lowest BCUT2D eigenvalue weighted by atomic mass is 10.0. The second-order valence-electron chi connectivity index (χ2n) is 6.51. The number of anilines is 1. The predicted octanol–water partition coefficient (Wildman–Crippen LogP) is 3.81. The molecular weight excluding hydrogens is 338 g/mol. The molecule has 0 aliphatic carbocycles. The van der Waals surface area contributed by atoms with Gasteiger partial charge in [0, 0.05) is 12.2 Å². The van der Waals surface area contributed by atoms with Gasteiger partial charge in [-0.15, -0.1) is 0 Å². The van der Waals surface area contributed by atoms with Crippen molar-refractivity contribution >= 4 is 23.1 Å². The van der Waals surface area contributed by atoms with E-state index in [1.165, 1.54) is 42.5 Å². The standard InChI is InChI=1S/C20H18F2N2O2/c1-12(2)11-24-19(25)17(13-6-8-14(21)9-7-13)18(20(24)26)23-16-5-3-4-15(22)10-16/h3-10,12,23H,11H2,1-2H3. The first kappa shape index (κ1) is 17.8. The predicted molar refractivity (Wildman–Crippen MR) is 94.9 cm³/mol. The molecule has 134 valence electrons. The van der Waals surface area contributed by atoms with Crippen molar-refractivity contribution < 1.29 is 18.4 Å². The minimum atomic E-state index is -0.479. The largest absolute Gasteiger partial charge is 0.350 e. The van der Waals surface area contributed by atoms with Gasteiger partial charge in [-0.05, 0) is 41.8 Å². The highest BCUT2D eigenvalue weighted by atomic mass is 19.1. The number of amides is 2. The summed E-state index contributed by atoms with van der Waals surface area (Å²) in [6.45, 7) is 4.06. The van der Waals surface area contributed by atoms with Crippen molar-refractivity contribution in [2.45, 2.75) is 13.8 Å². The molecule has 0 bridgehead atoms. The summed E-state index contributed by atoms with van der Waals surface area (Å²) in [6.07, 6.45) is 0. The van der Waals surface area contributed by atoms with E-state index in [2.05, 4.69) is 5.32 Å². The van der Waals surface area contributed by atoms with Gasteiger partial charge in [-0.1, -0.05) is 32.0 Å². The van der Waals surface area contributed by atoms with Crippen molar-refractivity contribution in [3.63, 3.8) is 0 Å². The maximum Gasteiger partial charge on any atom is 0.278 e. The number of rotatable bonds is 5. The fourth-order valence-electron chi connectivity index (χ4n) is 2.82. The average Bonchev–Trinajstić information content (AvgIpc) is 2.80. The summed E-state index contributed by atoms with van der Waals surface area (Å²) in [4.78, 5) is 26.8. The second-order valence-corrected chi connectivity index (χ2v) is 6.51. The molecule has 0 saturated heterocycles. The molecule has 0 saturated carbocycles. The Kier molecular flexibility index (Phi) is 4.84. The molecule has 0 radical (unpaired) electrons. The Morgan fingerprint density at radius 1 is 0.962 bits per heavy atom. The molecule has 2 aromatic carbocycles. The van der Waals surface area contributed by atoms with Crippen LogP contribution in [0.3, 0.4) is 0 Å². The summed E-state index contributed by atoms with van der Waals surface area (Å²) in [6, 6.07) is 11.0. The Bertz CT molecular complexity index is 889. The molecule has 4 nitrogen and oxygen atoms in total. The first-order chi connectivity index (χ1) is 12.4. The normalized spacial score (nSPS) is 14.6. The monoisotopic (exact) mass is 356 g/mol. The zero-order valence-electron chi connectivity index (χ0n) is 14.4. The lowest BCUT2D eigenvalue weighted by molar-refractivity contribution is -0.137. The number of carbonyl (C=O) groups is 2. The summed E-state index contributed by atoms with van der Waals surface area (Å²) >= 11 is 0. The first-order valence-electron chi connectivity index (χ1n) is 8.26. The van der Waals surface area contributed by atoms with Crippen LogP contribution in [-0.2, 0) is 9.59 Å². The lowest BCUT2D eigenvalue weighted by Crippen LogP contribution is -2.35. The molecule has 1 heterocycles. The first-order valence-corrected chi connectivity index (χ1v) is 8.26. The van der Waals surface area contributed by atoms with Crippen molar-refractivity contribution in [2.24, 2.45) is 5.92 Å². The Balaban J connectivity index is 2.06. The quantitative estimate of drug-likeness (QED) is 0.829. The minimum absolute atomic E-state index is 0.0628. The number of imide groups is 1. The van der Waals surface area contributed by atoms with Gasteiger partial charge >= 0.3 is 0 Å². The molecule has 26 heavy (non-hydrogen) atoms. The highest BCUT2D eigenvalue weighted by molar-refractivity contribution is 6.36. The van der Waals surface area contributed by atoms with Gasteiger partial charge in [0.15, 0.2) is 0 Å². The van der Waals surface area contributed by atoms with Crippen molar-refractivity contribution in [1.29, 1.82) is 0 Å². The van der Waals surface area contributed by atoms with Crippen molar-refractivity contribution in [3.8, 4) is 0 Å². The Morgan fingerprint density at radius 3 is 2.27 bits per heavy atom. The molecular formula is C20H18F2N2O2. The molecule has 2 amide bonds. The average molecular weight is 356 g/mol. The SMILES string of the molecule is CC(C)CN1C(=O)C(Nc2cccc(F)c2)=C(c2ccc(F)cc2)C1=O. The third kappa shape index (κ3) is 3.49. The number of hydrogen-bond acceptors (Lipinski definition) is 3. The molecule has 1 aliphatic heterocycles. The molecule has 0 aromatic heterocycles. The van der Waals surface area contributed by atoms with Gasteiger partial charge < -0.3 is 5.32 Å². The van der Waals surface area contributed by atoms with E-state index in [-0.39, 0.29) is 23.7 Å². The van der Waals surface area contributed by atoms with E-state index in [1.54, 1.807) is 6.07 Å². The number of nitrogens with zero attached hydrogens (tertiary/aromatic N) is 1. The molecule has 6 heteroatoms. The highest BCUT2D eigenvalue weighted by Crippen LogP contribution is 2.31. The number of hydrogen-bond donors (Lipinski definition) is 1. The van der Waals surface area contributed by atoms with Gasteiger partial charge in [0.1, 0.15) is 17.3 Å². The topological polar surface area (TPSA) is 49.4 Å². The van der Waals surface area contributed by atoms with Crippen LogP contribution in [-0.4, -0.2) is 23.3 Å². The van der Waals surface area contributed by atoms with Crippen molar-refractivity contribution in [2.75, 3.05) is 11.9 Å². The van der Waals surface area contributed by atoms with Gasteiger partial charge in [0.05, 0.1) is 5.57 Å². The Hall–Kier alpha value is -3.02. The summed E-state index contributed by atoms with van der Waals surface area (Å²) in [5.41, 5.74) is 0.995. The third-order valence-electron chi connectivity index (χ3n) is 3.94. The highest BCUT2D eigenvalue weighted by Gasteiger charge is 2.39. The minimum Gasteiger partial charge on any atom is -0.350 e. The van der Waals surface area contributed by atoms with Gasteiger partial charge in [0.25, 0.3) is 11.8 Å². The third-order valence-corrected chi connectivity index (χ3v) is 3.94. The fraction of sp³-hybridized carbons (Fsp3) is 0.200. The lowest BCUT2D eigenvalue weighted by Gasteiger charge is -2.17. The van der Waals surface area contributed by atoms with E-state index in [0.29, 0.717) is 11.3 Å². The maximum atomic E-state index is 13.5. The van der Waals surface area contributed by atoms with Crippen LogP contribution in [0.25, 0.3) is 5.57 Å². The van der Waals surface area contributed by atoms with E-state index in [0.717, 1.165) is 4.90 Å². The maximum absolute atomic E-state index is 13.5. The van der Waals surface area contributed by atoms with Crippen LogP contribution in [0.2, 0.25) is 0 Å². The van der Waals surface area contributed by atoms with Crippen LogP contribution < -0.4 is 5.32 Å². The number of halogens is 2. The summed E-state index contributed by atoms with van der Waals surface area (Å²) in [7, 11) is 0. The van der Waals surface area contributed by atoms with Crippen molar-refractivity contribution in [1.82, 2.24) is 4.90 Å². The Morgan fingerprint density at radius 2 is 1.65 bits per heavy atom. The fourth-order valence-corrected chi connectivity index (χ4v) is 2.82. The van der Waals surface area contributed by atoms with E-state index >= 15 is 0 Å². The Labute approximate surface area is 150 Å². The molecule has 0 fully saturated rings. The summed E-state index contributed by atoms with van der Waals surface area (Å²) in [5.74, 6) is -1.74. The zero-order valence-corrected chi connectivity index (χ0v) is 14.4. The number of nitrogens with one attached hydrogen (secondary N) is 1. The molecule has 3 rings (SSSR count). The molecule has 2 aromatic rings. The van der Waals surface area contributed by atoms with Crippen LogP contribution in [0.5, 0.6) is 0 Å². The van der Waals surface area contributed by atoms with E-state index in [4.69, 9.17) is 0 Å². The number of benzene rings is 2. The summed E-state index contributed by atoms with van der Waals surface area (Å²) < 4.78 is 26.7. The zero-order chi connectivity index (χ0) is 18.8. The van der Waals surface area contributed by atoms with E-state index < -0.39 is 23.4 Å². The van der Waals surface area contributed by atoms with Crippen LogP contribution in [0.15, 0.2) is 54.2 Å². The molecule has 1 aliphatic rings. The van der Waals surface area contributed by atoms with Crippen LogP contribution >= 0.6 is 0 Å². The van der Waals surface area contributed by atoms with Gasteiger partial charge in [0.2, 0.25) is 0 Å². The smallest absolute Gasteiger partial charge is 0.278 e. The molecule has 0 unspecified atom stereocenters. The van der Waals surface area contributed by atoms with Gasteiger partial charge in [-0.2, -0.15) is 0 Å². The number of carbonyl (C=O) groups excluding carboxylic acids is 2. The summed E-state index contributed by atoms with van der Waals surface area (Å²) in [5, 5.41) is 2.86. The van der Waals surface area contributed by atoms with Crippen LogP contribution in [0.1, 0.15) is 19.4 Å². The van der Waals surface area contributed by atoms with Crippen molar-refractivity contribution in [3.05, 3.63) is 71.4 Å². The van der Waals surface area contributed by atoms with E-state index in [1.807, 2.05) is 13.8 Å². The van der Waals surface area contributed by atoms with Crippen LogP contribution in [0, 0.1) is 17.6 Å². The molecule has 0 atom stereocenters. The molecule has 1 N–H and O–H groups in total. The van der Waals surface area contributed by atoms with Crippen LogP contribution in [0.4, 0.5) is 14.5 Å². The second kappa shape index (κ2) is 7.07.